The fourth-order valence-electron chi connectivity index (χ4n) is 1.62. The molecular formula is C10H13Br3. The highest BCUT2D eigenvalue weighted by Crippen LogP contribution is 2.36. The van der Waals surface area contributed by atoms with Gasteiger partial charge in [0.1, 0.15) is 0 Å². The molecule has 74 valence electrons. The summed E-state index contributed by atoms with van der Waals surface area (Å²) in [5.74, 6) is 0. The third-order valence-electron chi connectivity index (χ3n) is 2.19. The van der Waals surface area contributed by atoms with Crippen molar-refractivity contribution in [1.29, 1.82) is 0 Å². The van der Waals surface area contributed by atoms with Crippen molar-refractivity contribution < 1.29 is 0 Å². The molecule has 13 heavy (non-hydrogen) atoms. The van der Waals surface area contributed by atoms with Crippen LogP contribution in [-0.4, -0.2) is 16.0 Å². The summed E-state index contributed by atoms with van der Waals surface area (Å²) >= 11 is 10.6. The molecular weight excluding hydrogens is 360 g/mol. The van der Waals surface area contributed by atoms with Gasteiger partial charge in [0.15, 0.2) is 0 Å². The fourth-order valence-corrected chi connectivity index (χ4v) is 2.66. The first-order valence-corrected chi connectivity index (χ1v) is 7.59. The van der Waals surface area contributed by atoms with Gasteiger partial charge in [0, 0.05) is 16.0 Å². The van der Waals surface area contributed by atoms with Crippen molar-refractivity contribution in [3.05, 3.63) is 23.3 Å². The molecule has 0 aromatic heterocycles. The van der Waals surface area contributed by atoms with E-state index < -0.39 is 0 Å². The van der Waals surface area contributed by atoms with E-state index in [1.54, 1.807) is 0 Å². The number of halogens is 3. The number of hydrogen-bond acceptors (Lipinski definition) is 0. The van der Waals surface area contributed by atoms with Crippen LogP contribution in [-0.2, 0) is 0 Å². The predicted octanol–water partition coefficient (Wildman–Crippen LogP) is 4.43. The number of allylic oxidation sites excluding steroid dienone is 4. The molecule has 0 nitrogen and oxygen atoms in total. The molecule has 0 aromatic rings. The molecule has 3 heteroatoms. The van der Waals surface area contributed by atoms with Gasteiger partial charge in [0.25, 0.3) is 0 Å². The third kappa shape index (κ3) is 3.21. The Morgan fingerprint density at radius 2 is 2.00 bits per heavy atom. The van der Waals surface area contributed by atoms with Crippen LogP contribution in [0.5, 0.6) is 0 Å². The molecule has 0 radical (unpaired) electrons. The van der Waals surface area contributed by atoms with Crippen molar-refractivity contribution >= 4 is 47.8 Å². The van der Waals surface area contributed by atoms with E-state index in [2.05, 4.69) is 66.9 Å². The smallest absolute Gasteiger partial charge is 0.0280 e. The number of alkyl halides is 3. The molecule has 0 saturated carbocycles. The Bertz CT molecular complexity index is 243. The maximum atomic E-state index is 3.58. The van der Waals surface area contributed by atoms with Gasteiger partial charge in [-0.2, -0.15) is 0 Å². The molecule has 0 heterocycles. The predicted molar refractivity (Wildman–Crippen MR) is 70.3 cm³/mol. The Morgan fingerprint density at radius 3 is 2.46 bits per heavy atom. The van der Waals surface area contributed by atoms with Crippen molar-refractivity contribution in [2.24, 2.45) is 5.41 Å². The topological polar surface area (TPSA) is 0 Å². The molecule has 0 amide bonds. The highest BCUT2D eigenvalue weighted by molar-refractivity contribution is 9.09. The van der Waals surface area contributed by atoms with Crippen LogP contribution in [0.15, 0.2) is 23.3 Å². The Labute approximate surface area is 105 Å². The summed E-state index contributed by atoms with van der Waals surface area (Å²) in [5.41, 5.74) is 3.17. The third-order valence-corrected chi connectivity index (χ3v) is 4.83. The van der Waals surface area contributed by atoms with Crippen molar-refractivity contribution in [2.45, 2.75) is 13.3 Å². The average Bonchev–Trinajstić information content (AvgIpc) is 2.17. The minimum absolute atomic E-state index is 0.293. The van der Waals surface area contributed by atoms with Gasteiger partial charge in [-0.25, -0.2) is 0 Å². The van der Waals surface area contributed by atoms with E-state index in [-0.39, 0.29) is 0 Å². The Hall–Kier alpha value is 0.920. The van der Waals surface area contributed by atoms with E-state index >= 15 is 0 Å². The largest absolute Gasteiger partial charge is 0.0919 e. The lowest BCUT2D eigenvalue weighted by Gasteiger charge is -2.29. The van der Waals surface area contributed by atoms with Crippen LogP contribution in [0.1, 0.15) is 13.3 Å². The summed E-state index contributed by atoms with van der Waals surface area (Å²) in [4.78, 5) is 0. The Balaban J connectivity index is 2.88. The molecule has 1 unspecified atom stereocenters. The second-order valence-corrected chi connectivity index (χ2v) is 5.44. The highest BCUT2D eigenvalue weighted by atomic mass is 79.9. The summed E-state index contributed by atoms with van der Waals surface area (Å²) < 4.78 is 0. The van der Waals surface area contributed by atoms with Crippen LogP contribution in [0.25, 0.3) is 0 Å². The van der Waals surface area contributed by atoms with Gasteiger partial charge in [0.2, 0.25) is 0 Å². The van der Waals surface area contributed by atoms with Crippen molar-refractivity contribution in [3.8, 4) is 0 Å². The maximum Gasteiger partial charge on any atom is 0.0280 e. The van der Waals surface area contributed by atoms with Crippen LogP contribution >= 0.6 is 47.8 Å². The van der Waals surface area contributed by atoms with Gasteiger partial charge >= 0.3 is 0 Å². The van der Waals surface area contributed by atoms with Gasteiger partial charge in [-0.15, -0.1) is 0 Å². The van der Waals surface area contributed by atoms with Crippen molar-refractivity contribution in [2.75, 3.05) is 16.0 Å². The quantitative estimate of drug-likeness (QED) is 0.643. The molecule has 0 aliphatic heterocycles. The number of rotatable bonds is 3. The van der Waals surface area contributed by atoms with Crippen molar-refractivity contribution in [1.82, 2.24) is 0 Å². The zero-order valence-electron chi connectivity index (χ0n) is 7.62. The Morgan fingerprint density at radius 1 is 1.31 bits per heavy atom. The lowest BCUT2D eigenvalue weighted by atomic mass is 9.80. The standard InChI is InChI=1S/C10H13Br3/c1-10(7-13)3-8(5-11)2-9(4-10)6-12/h2-3H,4-7H2,1H3. The molecule has 0 bridgehead atoms. The van der Waals surface area contributed by atoms with Gasteiger partial charge in [-0.1, -0.05) is 72.4 Å². The lowest BCUT2D eigenvalue weighted by molar-refractivity contribution is 0.482. The van der Waals surface area contributed by atoms with Crippen LogP contribution in [0.4, 0.5) is 0 Å². The highest BCUT2D eigenvalue weighted by Gasteiger charge is 2.25. The van der Waals surface area contributed by atoms with Gasteiger partial charge in [0.05, 0.1) is 0 Å². The second kappa shape index (κ2) is 5.13. The van der Waals surface area contributed by atoms with Crippen LogP contribution < -0.4 is 0 Å². The molecule has 0 N–H and O–H groups in total. The fraction of sp³-hybridized carbons (Fsp3) is 0.600. The minimum Gasteiger partial charge on any atom is -0.0919 e. The first-order valence-electron chi connectivity index (χ1n) is 4.22. The summed E-state index contributed by atoms with van der Waals surface area (Å²) in [6.07, 6.45) is 5.80. The zero-order valence-corrected chi connectivity index (χ0v) is 12.4. The minimum atomic E-state index is 0.293. The van der Waals surface area contributed by atoms with E-state index in [4.69, 9.17) is 0 Å². The van der Waals surface area contributed by atoms with E-state index in [9.17, 15) is 0 Å². The average molecular weight is 373 g/mol. The normalized spacial score (nSPS) is 28.3. The molecule has 0 aromatic carbocycles. The van der Waals surface area contributed by atoms with Crippen LogP contribution in [0.2, 0.25) is 0 Å². The maximum absolute atomic E-state index is 3.58. The Kier molecular flexibility index (Phi) is 4.73. The monoisotopic (exact) mass is 370 g/mol. The van der Waals surface area contributed by atoms with E-state index in [1.165, 1.54) is 11.1 Å². The first-order chi connectivity index (χ1) is 6.13. The van der Waals surface area contributed by atoms with Gasteiger partial charge in [-0.05, 0) is 17.4 Å². The molecule has 0 saturated heterocycles. The summed E-state index contributed by atoms with van der Waals surface area (Å²) in [6, 6.07) is 0. The molecule has 0 spiro atoms. The summed E-state index contributed by atoms with van der Waals surface area (Å²) in [5, 5.41) is 2.97. The lowest BCUT2D eigenvalue weighted by Crippen LogP contribution is -2.20. The zero-order chi connectivity index (χ0) is 9.90. The van der Waals surface area contributed by atoms with Crippen LogP contribution in [0.3, 0.4) is 0 Å². The van der Waals surface area contributed by atoms with E-state index in [1.807, 2.05) is 0 Å². The molecule has 1 rings (SSSR count). The van der Waals surface area contributed by atoms with Crippen LogP contribution in [0, 0.1) is 5.41 Å². The summed E-state index contributed by atoms with van der Waals surface area (Å²) in [7, 11) is 0. The SMILES string of the molecule is CC1(CBr)C=C(CBr)C=C(CBr)C1. The second-order valence-electron chi connectivity index (χ2n) is 3.75. The summed E-state index contributed by atoms with van der Waals surface area (Å²) in [6.45, 7) is 2.29. The van der Waals surface area contributed by atoms with Gasteiger partial charge < -0.3 is 0 Å². The molecule has 1 aliphatic rings. The molecule has 1 aliphatic carbocycles. The first kappa shape index (κ1) is 12.0. The molecule has 1 atom stereocenters. The van der Waals surface area contributed by atoms with Gasteiger partial charge in [-0.3, -0.25) is 0 Å². The molecule has 0 fully saturated rings. The van der Waals surface area contributed by atoms with E-state index in [0.29, 0.717) is 5.41 Å². The number of hydrogen-bond donors (Lipinski definition) is 0. The van der Waals surface area contributed by atoms with Crippen molar-refractivity contribution in [3.63, 3.8) is 0 Å². The van der Waals surface area contributed by atoms with E-state index in [0.717, 1.165) is 22.4 Å².